The molecule has 0 radical (unpaired) electrons. The summed E-state index contributed by atoms with van der Waals surface area (Å²) in [5, 5.41) is 6.73. The lowest BCUT2D eigenvalue weighted by Crippen LogP contribution is -2.45. The summed E-state index contributed by atoms with van der Waals surface area (Å²) in [5.41, 5.74) is 0.690. The topological polar surface area (TPSA) is 87.4 Å². The highest BCUT2D eigenvalue weighted by atomic mass is 16.5. The van der Waals surface area contributed by atoms with Gasteiger partial charge in [0.15, 0.2) is 0 Å². The van der Waals surface area contributed by atoms with Gasteiger partial charge in [-0.3, -0.25) is 9.36 Å². The molecule has 1 N–H and O–H groups in total. The van der Waals surface area contributed by atoms with Crippen molar-refractivity contribution in [3.8, 4) is 11.5 Å². The van der Waals surface area contributed by atoms with E-state index >= 15 is 0 Å². The molecule has 0 saturated heterocycles. The Bertz CT molecular complexity index is 780. The van der Waals surface area contributed by atoms with Crippen molar-refractivity contribution in [1.82, 2.24) is 19.7 Å². The van der Waals surface area contributed by atoms with Crippen LogP contribution in [0.15, 0.2) is 29.3 Å². The molecular weight excluding hydrogens is 300 g/mol. The van der Waals surface area contributed by atoms with Crippen LogP contribution < -0.4 is 20.5 Å². The van der Waals surface area contributed by atoms with E-state index in [1.165, 1.54) is 10.9 Å². The second-order valence-electron chi connectivity index (χ2n) is 5.44. The van der Waals surface area contributed by atoms with Crippen molar-refractivity contribution in [1.29, 1.82) is 0 Å². The molecule has 0 bridgehead atoms. The Kier molecular flexibility index (Phi) is 4.05. The van der Waals surface area contributed by atoms with Gasteiger partial charge in [-0.2, -0.15) is 5.10 Å². The Morgan fingerprint density at radius 1 is 1.52 bits per heavy atom. The number of hydrogen-bond acceptors (Lipinski definition) is 5. The highest BCUT2D eigenvalue weighted by Gasteiger charge is 2.22. The van der Waals surface area contributed by atoms with E-state index < -0.39 is 0 Å². The van der Waals surface area contributed by atoms with Crippen LogP contribution in [0.25, 0.3) is 0 Å². The van der Waals surface area contributed by atoms with Gasteiger partial charge in [0.05, 0.1) is 13.2 Å². The fourth-order valence-electron chi connectivity index (χ4n) is 2.51. The van der Waals surface area contributed by atoms with E-state index in [-0.39, 0.29) is 24.2 Å². The first-order valence-corrected chi connectivity index (χ1v) is 7.24. The fourth-order valence-corrected chi connectivity index (χ4v) is 2.51. The van der Waals surface area contributed by atoms with Crippen LogP contribution in [0, 0.1) is 0 Å². The van der Waals surface area contributed by atoms with Gasteiger partial charge in [0, 0.05) is 13.1 Å². The van der Waals surface area contributed by atoms with E-state index in [1.807, 2.05) is 18.2 Å². The molecule has 1 aliphatic rings. The SMILES string of the molecule is COc1ccc2c(c1)OCC(NC(=O)Cn1ncn(C)c1=O)C2. The zero-order valence-corrected chi connectivity index (χ0v) is 13.0. The molecule has 1 atom stereocenters. The first-order valence-electron chi connectivity index (χ1n) is 7.24. The summed E-state index contributed by atoms with van der Waals surface area (Å²) in [6.45, 7) is 0.272. The summed E-state index contributed by atoms with van der Waals surface area (Å²) in [7, 11) is 3.19. The van der Waals surface area contributed by atoms with E-state index in [4.69, 9.17) is 9.47 Å². The van der Waals surface area contributed by atoms with Crippen LogP contribution >= 0.6 is 0 Å². The standard InChI is InChI=1S/C15H18N4O4/c1-18-9-16-19(15(18)21)7-14(20)17-11-5-10-3-4-12(22-2)6-13(10)23-8-11/h3-4,6,9,11H,5,7-8H2,1-2H3,(H,17,20). The molecule has 1 aromatic heterocycles. The van der Waals surface area contributed by atoms with Gasteiger partial charge in [0.1, 0.15) is 31.0 Å². The number of ether oxygens (including phenoxy) is 2. The van der Waals surface area contributed by atoms with Crippen molar-refractivity contribution in [3.63, 3.8) is 0 Å². The normalized spacial score (nSPS) is 16.3. The van der Waals surface area contributed by atoms with E-state index in [0.29, 0.717) is 13.0 Å². The molecule has 0 spiro atoms. The number of aryl methyl sites for hydroxylation is 1. The molecule has 1 aliphatic heterocycles. The predicted molar refractivity (Wildman–Crippen MR) is 81.6 cm³/mol. The number of carbonyl (C=O) groups excluding carboxylic acids is 1. The molecule has 3 rings (SSSR count). The van der Waals surface area contributed by atoms with Gasteiger partial charge in [0.25, 0.3) is 0 Å². The zero-order valence-electron chi connectivity index (χ0n) is 13.0. The van der Waals surface area contributed by atoms with Gasteiger partial charge >= 0.3 is 5.69 Å². The maximum absolute atomic E-state index is 12.1. The maximum atomic E-state index is 12.1. The van der Waals surface area contributed by atoms with Crippen LogP contribution in [0.5, 0.6) is 11.5 Å². The minimum Gasteiger partial charge on any atom is -0.497 e. The molecule has 0 saturated carbocycles. The first kappa shape index (κ1) is 15.1. The number of amides is 1. The Balaban J connectivity index is 1.62. The minimum atomic E-state index is -0.322. The number of nitrogens with zero attached hydrogens (tertiary/aromatic N) is 3. The lowest BCUT2D eigenvalue weighted by Gasteiger charge is -2.26. The highest BCUT2D eigenvalue weighted by molar-refractivity contribution is 5.76. The van der Waals surface area contributed by atoms with Gasteiger partial charge in [-0.25, -0.2) is 9.48 Å². The predicted octanol–water partition coefficient (Wildman–Crippen LogP) is -0.290. The average Bonchev–Trinajstić information content (AvgIpc) is 2.86. The van der Waals surface area contributed by atoms with Gasteiger partial charge < -0.3 is 14.8 Å². The summed E-state index contributed by atoms with van der Waals surface area (Å²) in [5.74, 6) is 1.24. The van der Waals surface area contributed by atoms with Crippen LogP contribution in [0.1, 0.15) is 5.56 Å². The number of benzene rings is 1. The third kappa shape index (κ3) is 3.20. The molecule has 0 fully saturated rings. The summed E-state index contributed by atoms with van der Waals surface area (Å²) in [6.07, 6.45) is 2.05. The van der Waals surface area contributed by atoms with Gasteiger partial charge in [-0.1, -0.05) is 6.07 Å². The summed E-state index contributed by atoms with van der Waals surface area (Å²) in [6, 6.07) is 5.49. The van der Waals surface area contributed by atoms with Gasteiger partial charge in [0.2, 0.25) is 5.91 Å². The van der Waals surface area contributed by atoms with Crippen LogP contribution in [0.4, 0.5) is 0 Å². The smallest absolute Gasteiger partial charge is 0.345 e. The number of nitrogens with one attached hydrogen (secondary N) is 1. The molecule has 2 heterocycles. The maximum Gasteiger partial charge on any atom is 0.345 e. The molecule has 0 aliphatic carbocycles. The van der Waals surface area contributed by atoms with Crippen molar-refractivity contribution in [2.24, 2.45) is 7.05 Å². The fraction of sp³-hybridized carbons (Fsp3) is 0.400. The first-order chi connectivity index (χ1) is 11.1. The summed E-state index contributed by atoms with van der Waals surface area (Å²) < 4.78 is 13.3. The van der Waals surface area contributed by atoms with Crippen molar-refractivity contribution in [3.05, 3.63) is 40.6 Å². The molecule has 1 amide bonds. The third-order valence-corrected chi connectivity index (χ3v) is 3.73. The molecular formula is C15H18N4O4. The number of aromatic nitrogens is 3. The number of rotatable bonds is 4. The van der Waals surface area contributed by atoms with Gasteiger partial charge in [-0.05, 0) is 18.1 Å². The van der Waals surface area contributed by atoms with Crippen molar-refractivity contribution in [2.75, 3.05) is 13.7 Å². The van der Waals surface area contributed by atoms with Crippen LogP contribution in [-0.4, -0.2) is 40.0 Å². The largest absolute Gasteiger partial charge is 0.497 e. The minimum absolute atomic E-state index is 0.106. The second kappa shape index (κ2) is 6.15. The quantitative estimate of drug-likeness (QED) is 0.837. The van der Waals surface area contributed by atoms with E-state index in [2.05, 4.69) is 10.4 Å². The highest BCUT2D eigenvalue weighted by Crippen LogP contribution is 2.28. The molecule has 122 valence electrons. The number of fused-ring (bicyclic) bond motifs is 1. The van der Waals surface area contributed by atoms with Crippen LogP contribution in [0.2, 0.25) is 0 Å². The van der Waals surface area contributed by atoms with Crippen molar-refractivity contribution in [2.45, 2.75) is 19.0 Å². The van der Waals surface area contributed by atoms with Crippen LogP contribution in [0.3, 0.4) is 0 Å². The molecule has 8 heteroatoms. The van der Waals surface area contributed by atoms with E-state index in [9.17, 15) is 9.59 Å². The lowest BCUT2D eigenvalue weighted by molar-refractivity contribution is -0.122. The van der Waals surface area contributed by atoms with E-state index in [0.717, 1.165) is 21.7 Å². The van der Waals surface area contributed by atoms with Gasteiger partial charge in [-0.15, -0.1) is 0 Å². The molecule has 8 nitrogen and oxygen atoms in total. The molecule has 23 heavy (non-hydrogen) atoms. The monoisotopic (exact) mass is 318 g/mol. The lowest BCUT2D eigenvalue weighted by atomic mass is 10.0. The third-order valence-electron chi connectivity index (χ3n) is 3.73. The van der Waals surface area contributed by atoms with E-state index in [1.54, 1.807) is 14.2 Å². The van der Waals surface area contributed by atoms with Crippen LogP contribution in [-0.2, 0) is 24.8 Å². The Labute approximate surface area is 132 Å². The Hall–Kier alpha value is -2.77. The summed E-state index contributed by atoms with van der Waals surface area (Å²) >= 11 is 0. The Morgan fingerprint density at radius 2 is 2.35 bits per heavy atom. The summed E-state index contributed by atoms with van der Waals surface area (Å²) in [4.78, 5) is 23.7. The second-order valence-corrected chi connectivity index (χ2v) is 5.44. The average molecular weight is 318 g/mol. The number of methoxy groups -OCH3 is 1. The zero-order chi connectivity index (χ0) is 16.4. The number of hydrogen-bond donors (Lipinski definition) is 1. The molecule has 1 aromatic carbocycles. The molecule has 2 aromatic rings. The number of carbonyl (C=O) groups is 1. The Morgan fingerprint density at radius 3 is 3.04 bits per heavy atom. The van der Waals surface area contributed by atoms with Crippen molar-refractivity contribution >= 4 is 5.91 Å². The molecule has 1 unspecified atom stereocenters. The van der Waals surface area contributed by atoms with Crippen molar-refractivity contribution < 1.29 is 14.3 Å².